The molecule has 0 saturated heterocycles. The number of nitrogens with one attached hydrogen (secondary N) is 3. The van der Waals surface area contributed by atoms with Crippen molar-refractivity contribution in [2.75, 3.05) is 24.7 Å². The summed E-state index contributed by atoms with van der Waals surface area (Å²) in [4.78, 5) is 27.8. The maximum atomic E-state index is 12.8. The molecule has 0 unspecified atom stereocenters. The molecule has 0 radical (unpaired) electrons. The number of imidazole rings is 1. The average molecular weight is 428 g/mol. The first-order chi connectivity index (χ1) is 14.6. The maximum Gasteiger partial charge on any atom is 0.256 e. The Kier molecular flexibility index (Phi) is 7.96. The number of anilines is 1. The summed E-state index contributed by atoms with van der Waals surface area (Å²) in [5, 5.41) is 3.25. The fraction of sp³-hybridized carbons (Fsp3) is 0.409. The fourth-order valence-corrected chi connectivity index (χ4v) is 4.02. The normalized spacial score (nSPS) is 10.9. The van der Waals surface area contributed by atoms with Gasteiger partial charge in [-0.25, -0.2) is 9.97 Å². The molecule has 0 aliphatic heterocycles. The topological polar surface area (TPSA) is 95.7 Å². The predicted molar refractivity (Wildman–Crippen MR) is 123 cm³/mol. The molecule has 160 valence electrons. The first kappa shape index (κ1) is 22.0. The van der Waals surface area contributed by atoms with E-state index in [4.69, 9.17) is 9.72 Å². The highest BCUT2D eigenvalue weighted by molar-refractivity contribution is 7.98. The zero-order chi connectivity index (χ0) is 21.3. The fourth-order valence-electron chi connectivity index (χ4n) is 3.14. The number of nitrogens with zero attached hydrogens (tertiary/aromatic N) is 2. The zero-order valence-corrected chi connectivity index (χ0v) is 18.6. The van der Waals surface area contributed by atoms with Crippen molar-refractivity contribution in [3.05, 3.63) is 69.2 Å². The Labute approximate surface area is 181 Å². The molecule has 1 aromatic carbocycles. The van der Waals surface area contributed by atoms with Crippen LogP contribution >= 0.6 is 11.8 Å². The lowest BCUT2D eigenvalue weighted by Gasteiger charge is -2.11. The second-order valence-electron chi connectivity index (χ2n) is 7.07. The Morgan fingerprint density at radius 1 is 1.20 bits per heavy atom. The van der Waals surface area contributed by atoms with E-state index in [1.165, 1.54) is 0 Å². The van der Waals surface area contributed by atoms with Gasteiger partial charge in [0.05, 0.1) is 24.8 Å². The second kappa shape index (κ2) is 10.9. The number of aryl methyl sites for hydroxylation is 2. The molecule has 2 aromatic heterocycles. The van der Waals surface area contributed by atoms with Crippen molar-refractivity contribution in [3.63, 3.8) is 0 Å². The van der Waals surface area contributed by atoms with Crippen LogP contribution in [0.3, 0.4) is 0 Å². The van der Waals surface area contributed by atoms with Crippen molar-refractivity contribution in [1.29, 1.82) is 0 Å². The molecule has 0 aliphatic rings. The molecule has 0 bridgehead atoms. The van der Waals surface area contributed by atoms with Gasteiger partial charge in [-0.2, -0.15) is 11.8 Å². The number of aromatic amines is 2. The highest BCUT2D eigenvalue weighted by Crippen LogP contribution is 2.17. The van der Waals surface area contributed by atoms with Crippen LogP contribution in [-0.2, 0) is 18.6 Å². The van der Waals surface area contributed by atoms with Gasteiger partial charge in [-0.3, -0.25) is 9.78 Å². The van der Waals surface area contributed by atoms with Crippen molar-refractivity contribution >= 4 is 17.7 Å². The van der Waals surface area contributed by atoms with Gasteiger partial charge in [0.2, 0.25) is 5.95 Å². The van der Waals surface area contributed by atoms with E-state index in [0.29, 0.717) is 12.4 Å². The SMILES string of the molecule is CCCc1nc(NCCSCc2nc[nH]c2C)[nH]c(=O)c1Cc1ccc(OC)cc1. The summed E-state index contributed by atoms with van der Waals surface area (Å²) >= 11 is 1.80. The molecular weight excluding hydrogens is 398 g/mol. The summed E-state index contributed by atoms with van der Waals surface area (Å²) in [6.07, 6.45) is 3.99. The summed E-state index contributed by atoms with van der Waals surface area (Å²) in [7, 11) is 1.64. The van der Waals surface area contributed by atoms with E-state index in [2.05, 4.69) is 27.2 Å². The van der Waals surface area contributed by atoms with Gasteiger partial charge in [-0.15, -0.1) is 0 Å². The largest absolute Gasteiger partial charge is 0.497 e. The smallest absolute Gasteiger partial charge is 0.256 e. The number of rotatable bonds is 11. The number of thioether (sulfide) groups is 1. The lowest BCUT2D eigenvalue weighted by Crippen LogP contribution is -2.21. The van der Waals surface area contributed by atoms with Crippen LogP contribution in [0.4, 0.5) is 5.95 Å². The van der Waals surface area contributed by atoms with E-state index >= 15 is 0 Å². The number of ether oxygens (including phenoxy) is 1. The average Bonchev–Trinajstić information content (AvgIpc) is 3.15. The Balaban J connectivity index is 1.61. The Bertz CT molecular complexity index is 998. The first-order valence-corrected chi connectivity index (χ1v) is 11.3. The van der Waals surface area contributed by atoms with Gasteiger partial charge < -0.3 is 15.0 Å². The number of methoxy groups -OCH3 is 1. The van der Waals surface area contributed by atoms with E-state index in [1.807, 2.05) is 31.2 Å². The van der Waals surface area contributed by atoms with Crippen molar-refractivity contribution < 1.29 is 4.74 Å². The monoisotopic (exact) mass is 427 g/mol. The third-order valence-corrected chi connectivity index (χ3v) is 5.81. The molecule has 8 heteroatoms. The van der Waals surface area contributed by atoms with Crippen LogP contribution in [0.15, 0.2) is 35.4 Å². The Morgan fingerprint density at radius 2 is 2.00 bits per heavy atom. The van der Waals surface area contributed by atoms with Crippen molar-refractivity contribution in [1.82, 2.24) is 19.9 Å². The first-order valence-electron chi connectivity index (χ1n) is 10.2. The maximum absolute atomic E-state index is 12.8. The molecule has 3 rings (SSSR count). The summed E-state index contributed by atoms with van der Waals surface area (Å²) in [6, 6.07) is 7.79. The van der Waals surface area contributed by atoms with Crippen molar-refractivity contribution in [2.24, 2.45) is 0 Å². The van der Waals surface area contributed by atoms with Gasteiger partial charge in [-0.05, 0) is 31.0 Å². The molecule has 0 atom stereocenters. The molecule has 2 heterocycles. The number of hydrogen-bond acceptors (Lipinski definition) is 6. The Hall–Kier alpha value is -2.74. The number of benzene rings is 1. The van der Waals surface area contributed by atoms with Crippen LogP contribution in [0.2, 0.25) is 0 Å². The minimum atomic E-state index is -0.0773. The van der Waals surface area contributed by atoms with E-state index < -0.39 is 0 Å². The van der Waals surface area contributed by atoms with Gasteiger partial charge in [0.15, 0.2) is 0 Å². The predicted octanol–water partition coefficient (Wildman–Crippen LogP) is 3.70. The molecule has 0 amide bonds. The molecular formula is C22H29N5O2S. The third-order valence-electron chi connectivity index (χ3n) is 4.84. The van der Waals surface area contributed by atoms with Crippen LogP contribution in [0.1, 0.15) is 41.6 Å². The standard InChI is InChI=1S/C22H29N5O2S/c1-4-5-19-18(12-16-6-8-17(29-3)9-7-16)21(28)27-22(26-19)23-10-11-30-13-20-15(2)24-14-25-20/h6-9,14H,4-5,10-13H2,1-3H3,(H,24,25)(H2,23,26,27,28). The van der Waals surface area contributed by atoms with Crippen molar-refractivity contribution in [2.45, 2.75) is 38.9 Å². The quantitative estimate of drug-likeness (QED) is 0.404. The van der Waals surface area contributed by atoms with Crippen molar-refractivity contribution in [3.8, 4) is 5.75 Å². The summed E-state index contributed by atoms with van der Waals surface area (Å²) in [5.41, 5.74) is 4.77. The zero-order valence-electron chi connectivity index (χ0n) is 17.7. The van der Waals surface area contributed by atoms with E-state index in [0.717, 1.165) is 64.9 Å². The Morgan fingerprint density at radius 3 is 2.67 bits per heavy atom. The molecule has 7 nitrogen and oxygen atoms in total. The van der Waals surface area contributed by atoms with Gasteiger partial charge in [0.1, 0.15) is 5.75 Å². The van der Waals surface area contributed by atoms with Gasteiger partial charge in [0.25, 0.3) is 5.56 Å². The van der Waals surface area contributed by atoms with Gasteiger partial charge in [-0.1, -0.05) is 25.5 Å². The number of hydrogen-bond donors (Lipinski definition) is 3. The minimum absolute atomic E-state index is 0.0773. The van der Waals surface area contributed by atoms with Crippen LogP contribution in [0.25, 0.3) is 0 Å². The molecule has 0 fully saturated rings. The van der Waals surface area contributed by atoms with Crippen LogP contribution in [0, 0.1) is 6.92 Å². The van der Waals surface area contributed by atoms with E-state index in [1.54, 1.807) is 25.2 Å². The van der Waals surface area contributed by atoms with Crippen LogP contribution < -0.4 is 15.6 Å². The number of aromatic nitrogens is 4. The van der Waals surface area contributed by atoms with Gasteiger partial charge in [0, 0.05) is 35.7 Å². The summed E-state index contributed by atoms with van der Waals surface area (Å²) in [6.45, 7) is 4.85. The molecule has 0 saturated carbocycles. The minimum Gasteiger partial charge on any atom is -0.497 e. The summed E-state index contributed by atoms with van der Waals surface area (Å²) < 4.78 is 5.21. The second-order valence-corrected chi connectivity index (χ2v) is 8.17. The number of H-pyrrole nitrogens is 2. The van der Waals surface area contributed by atoms with E-state index in [-0.39, 0.29) is 5.56 Å². The lowest BCUT2D eigenvalue weighted by atomic mass is 10.0. The van der Waals surface area contributed by atoms with Gasteiger partial charge >= 0.3 is 0 Å². The molecule has 3 aromatic rings. The molecule has 0 aliphatic carbocycles. The molecule has 0 spiro atoms. The molecule has 3 N–H and O–H groups in total. The van der Waals surface area contributed by atoms with Crippen LogP contribution in [0.5, 0.6) is 5.75 Å². The lowest BCUT2D eigenvalue weighted by molar-refractivity contribution is 0.414. The molecule has 30 heavy (non-hydrogen) atoms. The highest BCUT2D eigenvalue weighted by atomic mass is 32.2. The third kappa shape index (κ3) is 5.89. The summed E-state index contributed by atoms with van der Waals surface area (Å²) in [5.74, 6) is 3.10. The highest BCUT2D eigenvalue weighted by Gasteiger charge is 2.12. The van der Waals surface area contributed by atoms with E-state index in [9.17, 15) is 4.79 Å². The van der Waals surface area contributed by atoms with Crippen LogP contribution in [-0.4, -0.2) is 39.3 Å².